The predicted octanol–water partition coefficient (Wildman–Crippen LogP) is 0.268. The number of halogens is 2. The molecule has 5 heteroatoms. The van der Waals surface area contributed by atoms with E-state index in [-0.39, 0.29) is 13.1 Å². The van der Waals surface area contributed by atoms with Crippen LogP contribution in [0.4, 0.5) is 8.78 Å². The van der Waals surface area contributed by atoms with Gasteiger partial charge in [0.1, 0.15) is 0 Å². The normalized spacial score (nSPS) is 21.4. The van der Waals surface area contributed by atoms with Crippen molar-refractivity contribution in [1.29, 1.82) is 0 Å². The summed E-state index contributed by atoms with van der Waals surface area (Å²) in [5.41, 5.74) is 0. The maximum absolute atomic E-state index is 12.5. The van der Waals surface area contributed by atoms with E-state index >= 15 is 0 Å². The summed E-state index contributed by atoms with van der Waals surface area (Å²) in [5.74, 6) is -6.58. The fourth-order valence-corrected chi connectivity index (χ4v) is 1.10. The molecular formula is C6H9F2NO2. The van der Waals surface area contributed by atoms with Gasteiger partial charge in [0.05, 0.1) is 5.92 Å². The third-order valence-corrected chi connectivity index (χ3v) is 1.86. The molecule has 1 heterocycles. The van der Waals surface area contributed by atoms with Gasteiger partial charge in [0, 0.05) is 13.1 Å². The van der Waals surface area contributed by atoms with E-state index in [1.165, 1.54) is 0 Å². The minimum absolute atomic E-state index is 0.166. The van der Waals surface area contributed by atoms with Gasteiger partial charge in [-0.2, -0.15) is 8.78 Å². The summed E-state index contributed by atoms with van der Waals surface area (Å²) < 4.78 is 25.1. The highest BCUT2D eigenvalue weighted by Crippen LogP contribution is 2.31. The van der Waals surface area contributed by atoms with Crippen LogP contribution in [0, 0.1) is 5.92 Å². The molecule has 1 aliphatic rings. The lowest BCUT2D eigenvalue weighted by Gasteiger charge is -2.38. The first-order chi connectivity index (χ1) is 4.94. The molecular weight excluding hydrogens is 156 g/mol. The zero-order chi connectivity index (χ0) is 8.65. The quantitative estimate of drug-likeness (QED) is 0.638. The molecule has 11 heavy (non-hydrogen) atoms. The molecule has 3 nitrogen and oxygen atoms in total. The van der Waals surface area contributed by atoms with Crippen LogP contribution in [-0.4, -0.2) is 42.0 Å². The van der Waals surface area contributed by atoms with E-state index in [1.54, 1.807) is 11.9 Å². The van der Waals surface area contributed by atoms with Crippen molar-refractivity contribution in [3.8, 4) is 0 Å². The molecule has 1 aliphatic heterocycles. The topological polar surface area (TPSA) is 40.5 Å². The van der Waals surface area contributed by atoms with E-state index in [2.05, 4.69) is 0 Å². The molecule has 0 radical (unpaired) electrons. The van der Waals surface area contributed by atoms with Crippen LogP contribution in [0.1, 0.15) is 0 Å². The number of carbonyl (C=O) groups is 1. The Bertz CT molecular complexity index is 177. The first kappa shape index (κ1) is 8.39. The van der Waals surface area contributed by atoms with E-state index in [4.69, 9.17) is 5.11 Å². The summed E-state index contributed by atoms with van der Waals surface area (Å²) in [6.45, 7) is 0.332. The van der Waals surface area contributed by atoms with Gasteiger partial charge in [-0.3, -0.25) is 0 Å². The van der Waals surface area contributed by atoms with Crippen LogP contribution in [-0.2, 0) is 4.79 Å². The Labute approximate surface area is 62.6 Å². The molecule has 1 N–H and O–H groups in total. The van der Waals surface area contributed by atoms with Crippen molar-refractivity contribution < 1.29 is 18.7 Å². The molecule has 0 aromatic heterocycles. The van der Waals surface area contributed by atoms with E-state index in [0.29, 0.717) is 0 Å². The Balaban J connectivity index is 2.53. The Morgan fingerprint density at radius 1 is 1.64 bits per heavy atom. The highest BCUT2D eigenvalue weighted by Gasteiger charge is 2.51. The van der Waals surface area contributed by atoms with E-state index in [1.807, 2.05) is 0 Å². The maximum atomic E-state index is 12.5. The molecule has 0 atom stereocenters. The lowest BCUT2D eigenvalue weighted by Crippen LogP contribution is -2.55. The molecule has 1 fully saturated rings. The highest BCUT2D eigenvalue weighted by atomic mass is 19.3. The number of aliphatic carboxylic acids is 1. The molecule has 1 saturated heterocycles. The fraction of sp³-hybridized carbons (Fsp3) is 0.833. The van der Waals surface area contributed by atoms with Crippen LogP contribution in [0.3, 0.4) is 0 Å². The highest BCUT2D eigenvalue weighted by molar-refractivity contribution is 5.75. The van der Waals surface area contributed by atoms with Gasteiger partial charge in [-0.25, -0.2) is 4.79 Å². The van der Waals surface area contributed by atoms with Gasteiger partial charge >= 0.3 is 11.9 Å². The second-order valence-corrected chi connectivity index (χ2v) is 2.85. The third-order valence-electron chi connectivity index (χ3n) is 1.86. The molecule has 0 aromatic carbocycles. The largest absolute Gasteiger partial charge is 0.477 e. The van der Waals surface area contributed by atoms with Crippen molar-refractivity contribution in [2.45, 2.75) is 5.92 Å². The summed E-state index contributed by atoms with van der Waals surface area (Å²) >= 11 is 0. The number of carboxylic acid groups (broad SMARTS) is 1. The monoisotopic (exact) mass is 165 g/mol. The van der Waals surface area contributed by atoms with Crippen molar-refractivity contribution in [2.24, 2.45) is 5.92 Å². The van der Waals surface area contributed by atoms with Crippen molar-refractivity contribution in [2.75, 3.05) is 20.1 Å². The number of alkyl halides is 2. The molecule has 0 spiro atoms. The number of nitrogens with zero attached hydrogens (tertiary/aromatic N) is 1. The van der Waals surface area contributed by atoms with Crippen LogP contribution < -0.4 is 0 Å². The van der Waals surface area contributed by atoms with Crippen molar-refractivity contribution in [3.05, 3.63) is 0 Å². The number of hydrogen-bond acceptors (Lipinski definition) is 2. The molecule has 0 unspecified atom stereocenters. The minimum atomic E-state index is -3.55. The lowest BCUT2D eigenvalue weighted by atomic mass is 9.93. The average molecular weight is 165 g/mol. The summed E-state index contributed by atoms with van der Waals surface area (Å²) in [7, 11) is 1.68. The van der Waals surface area contributed by atoms with E-state index < -0.39 is 17.8 Å². The van der Waals surface area contributed by atoms with Crippen LogP contribution >= 0.6 is 0 Å². The standard InChI is InChI=1S/C6H9F2NO2/c1-9-2-4(3-9)6(7,8)5(10)11/h4H,2-3H2,1H3,(H,10,11). The summed E-state index contributed by atoms with van der Waals surface area (Å²) in [4.78, 5) is 11.6. The van der Waals surface area contributed by atoms with Crippen LogP contribution in [0.15, 0.2) is 0 Å². The molecule has 0 amide bonds. The van der Waals surface area contributed by atoms with Crippen LogP contribution in [0.5, 0.6) is 0 Å². The predicted molar refractivity (Wildman–Crippen MR) is 33.6 cm³/mol. The van der Waals surface area contributed by atoms with Crippen LogP contribution in [0.2, 0.25) is 0 Å². The smallest absolute Gasteiger partial charge is 0.374 e. The Hall–Kier alpha value is -0.710. The van der Waals surface area contributed by atoms with Gasteiger partial charge in [-0.1, -0.05) is 0 Å². The summed E-state index contributed by atoms with van der Waals surface area (Å²) in [6, 6.07) is 0. The van der Waals surface area contributed by atoms with Crippen molar-refractivity contribution >= 4 is 5.97 Å². The number of likely N-dealkylation sites (tertiary alicyclic amines) is 1. The molecule has 0 aliphatic carbocycles. The molecule has 0 bridgehead atoms. The molecule has 64 valence electrons. The van der Waals surface area contributed by atoms with Crippen molar-refractivity contribution in [1.82, 2.24) is 4.90 Å². The first-order valence-corrected chi connectivity index (χ1v) is 3.24. The Kier molecular flexibility index (Phi) is 1.83. The lowest BCUT2D eigenvalue weighted by molar-refractivity contribution is -0.182. The second kappa shape index (κ2) is 2.41. The van der Waals surface area contributed by atoms with Gasteiger partial charge in [-0.05, 0) is 7.05 Å². The third kappa shape index (κ3) is 1.33. The second-order valence-electron chi connectivity index (χ2n) is 2.85. The number of hydrogen-bond donors (Lipinski definition) is 1. The van der Waals surface area contributed by atoms with E-state index in [0.717, 1.165) is 0 Å². The number of carboxylic acids is 1. The first-order valence-electron chi connectivity index (χ1n) is 3.24. The molecule has 0 aromatic rings. The van der Waals surface area contributed by atoms with Crippen LogP contribution in [0.25, 0.3) is 0 Å². The maximum Gasteiger partial charge on any atom is 0.374 e. The van der Waals surface area contributed by atoms with E-state index in [9.17, 15) is 13.6 Å². The molecule has 0 saturated carbocycles. The number of rotatable bonds is 2. The Morgan fingerprint density at radius 3 is 2.36 bits per heavy atom. The zero-order valence-electron chi connectivity index (χ0n) is 6.05. The molecule has 1 rings (SSSR count). The van der Waals surface area contributed by atoms with Gasteiger partial charge in [0.15, 0.2) is 0 Å². The van der Waals surface area contributed by atoms with Crippen molar-refractivity contribution in [3.63, 3.8) is 0 Å². The Morgan fingerprint density at radius 2 is 2.09 bits per heavy atom. The van der Waals surface area contributed by atoms with Gasteiger partial charge < -0.3 is 10.0 Å². The summed E-state index contributed by atoms with van der Waals surface area (Å²) in [5, 5.41) is 8.09. The SMILES string of the molecule is CN1CC(C(F)(F)C(=O)O)C1. The summed E-state index contributed by atoms with van der Waals surface area (Å²) in [6.07, 6.45) is 0. The van der Waals surface area contributed by atoms with Gasteiger partial charge in [0.25, 0.3) is 0 Å². The van der Waals surface area contributed by atoms with Gasteiger partial charge in [0.2, 0.25) is 0 Å². The van der Waals surface area contributed by atoms with Gasteiger partial charge in [-0.15, -0.1) is 0 Å². The fourth-order valence-electron chi connectivity index (χ4n) is 1.10. The minimum Gasteiger partial charge on any atom is -0.477 e. The zero-order valence-corrected chi connectivity index (χ0v) is 6.05. The average Bonchev–Trinajstić information content (AvgIpc) is 1.80.